The summed E-state index contributed by atoms with van der Waals surface area (Å²) >= 11 is 0. The first kappa shape index (κ1) is 16.3. The van der Waals surface area contributed by atoms with Gasteiger partial charge in [0.1, 0.15) is 17.1 Å². The lowest BCUT2D eigenvalue weighted by molar-refractivity contribution is 0.0486. The molecule has 5 nitrogen and oxygen atoms in total. The molecule has 0 atom stereocenters. The summed E-state index contributed by atoms with van der Waals surface area (Å²) in [5, 5.41) is 9.66. The molecule has 1 rings (SSSR count). The number of carbonyl (C=O) groups excluding carboxylic acids is 1. The first-order valence-electron chi connectivity index (χ1n) is 6.88. The number of benzene rings is 1. The highest BCUT2D eigenvalue weighted by molar-refractivity contribution is 5.92. The Kier molecular flexibility index (Phi) is 6.87. The molecule has 0 bridgehead atoms. The van der Waals surface area contributed by atoms with Crippen LogP contribution in [-0.4, -0.2) is 49.3 Å². The number of methoxy groups -OCH3 is 1. The first-order valence-corrected chi connectivity index (χ1v) is 6.88. The second-order valence-corrected chi connectivity index (χ2v) is 4.40. The van der Waals surface area contributed by atoms with Gasteiger partial charge in [-0.05, 0) is 37.7 Å². The lowest BCUT2D eigenvalue weighted by Crippen LogP contribution is -2.25. The number of carbonyl (C=O) groups is 1. The van der Waals surface area contributed by atoms with Gasteiger partial charge in [-0.1, -0.05) is 13.8 Å². The van der Waals surface area contributed by atoms with Gasteiger partial charge < -0.3 is 19.5 Å². The molecule has 0 heterocycles. The topological polar surface area (TPSA) is 59.0 Å². The number of phenolic OH excluding ortho intramolecular Hbond substituents is 1. The summed E-state index contributed by atoms with van der Waals surface area (Å²) in [5.74, 6) is -0.113. The molecule has 0 unspecified atom stereocenters. The standard InChI is InChI=1S/C15H23NO4/c1-4-16(5-2)9-6-10-20-15(18)13-11-12(19-3)7-8-14(13)17/h7-8,11,17H,4-6,9-10H2,1-3H3. The summed E-state index contributed by atoms with van der Waals surface area (Å²) < 4.78 is 10.2. The van der Waals surface area contributed by atoms with Gasteiger partial charge in [0.05, 0.1) is 13.7 Å². The first-order chi connectivity index (χ1) is 9.62. The van der Waals surface area contributed by atoms with E-state index in [-0.39, 0.29) is 11.3 Å². The minimum atomic E-state index is -0.527. The maximum atomic E-state index is 11.9. The summed E-state index contributed by atoms with van der Waals surface area (Å²) in [6.07, 6.45) is 0.776. The number of nitrogens with zero attached hydrogens (tertiary/aromatic N) is 1. The predicted molar refractivity (Wildman–Crippen MR) is 77.3 cm³/mol. The van der Waals surface area contributed by atoms with Crippen molar-refractivity contribution >= 4 is 5.97 Å². The third-order valence-corrected chi connectivity index (χ3v) is 3.17. The van der Waals surface area contributed by atoms with Crippen molar-refractivity contribution in [2.24, 2.45) is 0 Å². The Morgan fingerprint density at radius 1 is 1.30 bits per heavy atom. The third kappa shape index (κ3) is 4.74. The second kappa shape index (κ2) is 8.43. The quantitative estimate of drug-likeness (QED) is 0.585. The third-order valence-electron chi connectivity index (χ3n) is 3.17. The number of phenols is 1. The molecular weight excluding hydrogens is 258 g/mol. The van der Waals surface area contributed by atoms with Crippen LogP contribution in [0.1, 0.15) is 30.6 Å². The van der Waals surface area contributed by atoms with Crippen LogP contribution in [-0.2, 0) is 4.74 Å². The minimum Gasteiger partial charge on any atom is -0.507 e. The van der Waals surface area contributed by atoms with Gasteiger partial charge in [-0.25, -0.2) is 4.79 Å². The van der Waals surface area contributed by atoms with Crippen LogP contribution >= 0.6 is 0 Å². The lowest BCUT2D eigenvalue weighted by atomic mass is 10.2. The highest BCUT2D eigenvalue weighted by atomic mass is 16.5. The van der Waals surface area contributed by atoms with Crippen molar-refractivity contribution < 1.29 is 19.4 Å². The Labute approximate surface area is 120 Å². The van der Waals surface area contributed by atoms with Crippen molar-refractivity contribution in [3.63, 3.8) is 0 Å². The fraction of sp³-hybridized carbons (Fsp3) is 0.533. The molecule has 0 spiro atoms. The van der Waals surface area contributed by atoms with Crippen molar-refractivity contribution in [1.82, 2.24) is 4.90 Å². The summed E-state index contributed by atoms with van der Waals surface area (Å²) in [6, 6.07) is 4.49. The van der Waals surface area contributed by atoms with Crippen LogP contribution in [0.5, 0.6) is 11.5 Å². The van der Waals surface area contributed by atoms with E-state index in [1.165, 1.54) is 19.2 Å². The molecule has 1 aromatic rings. The van der Waals surface area contributed by atoms with Crippen molar-refractivity contribution in [3.8, 4) is 11.5 Å². The van der Waals surface area contributed by atoms with Crippen LogP contribution in [0.15, 0.2) is 18.2 Å². The molecule has 0 amide bonds. The van der Waals surface area contributed by atoms with E-state index in [0.29, 0.717) is 12.4 Å². The van der Waals surface area contributed by atoms with E-state index >= 15 is 0 Å². The smallest absolute Gasteiger partial charge is 0.342 e. The zero-order chi connectivity index (χ0) is 15.0. The van der Waals surface area contributed by atoms with Crippen molar-refractivity contribution in [1.29, 1.82) is 0 Å². The molecule has 0 saturated carbocycles. The van der Waals surface area contributed by atoms with Crippen LogP contribution in [0.2, 0.25) is 0 Å². The predicted octanol–water partition coefficient (Wildman–Crippen LogP) is 2.29. The minimum absolute atomic E-state index is 0.0976. The average Bonchev–Trinajstić information content (AvgIpc) is 2.47. The van der Waals surface area contributed by atoms with Crippen molar-refractivity contribution in [3.05, 3.63) is 23.8 Å². The highest BCUT2D eigenvalue weighted by Gasteiger charge is 2.13. The SMILES string of the molecule is CCN(CC)CCCOC(=O)c1cc(OC)ccc1O. The number of ether oxygens (including phenoxy) is 2. The zero-order valence-corrected chi connectivity index (χ0v) is 12.4. The number of hydrogen-bond acceptors (Lipinski definition) is 5. The van der Waals surface area contributed by atoms with Crippen LogP contribution in [0.4, 0.5) is 0 Å². The lowest BCUT2D eigenvalue weighted by Gasteiger charge is -2.17. The largest absolute Gasteiger partial charge is 0.507 e. The Morgan fingerprint density at radius 2 is 2.00 bits per heavy atom. The van der Waals surface area contributed by atoms with E-state index in [0.717, 1.165) is 26.1 Å². The monoisotopic (exact) mass is 281 g/mol. The molecule has 0 fully saturated rings. The van der Waals surface area contributed by atoms with Crippen molar-refractivity contribution in [2.75, 3.05) is 33.4 Å². The molecule has 0 aromatic heterocycles. The van der Waals surface area contributed by atoms with Gasteiger partial charge in [-0.15, -0.1) is 0 Å². The number of esters is 1. The molecule has 0 saturated heterocycles. The maximum Gasteiger partial charge on any atom is 0.342 e. The summed E-state index contributed by atoms with van der Waals surface area (Å²) in [6.45, 7) is 7.41. The van der Waals surface area contributed by atoms with Crippen LogP contribution in [0.25, 0.3) is 0 Å². The van der Waals surface area contributed by atoms with E-state index in [9.17, 15) is 9.90 Å². The number of aromatic hydroxyl groups is 1. The van der Waals surface area contributed by atoms with E-state index in [1.54, 1.807) is 6.07 Å². The summed E-state index contributed by atoms with van der Waals surface area (Å²) in [5.41, 5.74) is 0.132. The van der Waals surface area contributed by atoms with Gasteiger partial charge in [0.25, 0.3) is 0 Å². The molecule has 0 aliphatic carbocycles. The van der Waals surface area contributed by atoms with Gasteiger partial charge in [0, 0.05) is 6.54 Å². The van der Waals surface area contributed by atoms with Crippen LogP contribution < -0.4 is 4.74 Å². The highest BCUT2D eigenvalue weighted by Crippen LogP contribution is 2.23. The molecule has 0 radical (unpaired) electrons. The Morgan fingerprint density at radius 3 is 2.60 bits per heavy atom. The van der Waals surface area contributed by atoms with E-state index in [1.807, 2.05) is 0 Å². The van der Waals surface area contributed by atoms with Crippen LogP contribution in [0.3, 0.4) is 0 Å². The molecule has 1 N–H and O–H groups in total. The van der Waals surface area contributed by atoms with Gasteiger partial charge >= 0.3 is 5.97 Å². The fourth-order valence-electron chi connectivity index (χ4n) is 1.88. The molecule has 1 aromatic carbocycles. The second-order valence-electron chi connectivity index (χ2n) is 4.40. The van der Waals surface area contributed by atoms with E-state index in [2.05, 4.69) is 18.7 Å². The Balaban J connectivity index is 2.47. The molecule has 0 aliphatic heterocycles. The Bertz CT molecular complexity index is 430. The molecule has 5 heteroatoms. The number of hydrogen-bond donors (Lipinski definition) is 1. The normalized spacial score (nSPS) is 10.6. The maximum absolute atomic E-state index is 11.9. The molecule has 112 valence electrons. The molecule has 20 heavy (non-hydrogen) atoms. The van der Waals surface area contributed by atoms with E-state index in [4.69, 9.17) is 9.47 Å². The zero-order valence-electron chi connectivity index (χ0n) is 12.4. The summed E-state index contributed by atoms with van der Waals surface area (Å²) in [4.78, 5) is 14.1. The number of rotatable bonds is 8. The van der Waals surface area contributed by atoms with Gasteiger partial charge in [-0.2, -0.15) is 0 Å². The average molecular weight is 281 g/mol. The van der Waals surface area contributed by atoms with Gasteiger partial charge in [0.15, 0.2) is 0 Å². The van der Waals surface area contributed by atoms with Crippen molar-refractivity contribution in [2.45, 2.75) is 20.3 Å². The fourth-order valence-corrected chi connectivity index (χ4v) is 1.88. The summed E-state index contributed by atoms with van der Waals surface area (Å²) in [7, 11) is 1.51. The Hall–Kier alpha value is -1.75. The molecule has 0 aliphatic rings. The van der Waals surface area contributed by atoms with Gasteiger partial charge in [-0.3, -0.25) is 0 Å². The molecular formula is C15H23NO4. The van der Waals surface area contributed by atoms with Crippen LogP contribution in [0, 0.1) is 0 Å². The van der Waals surface area contributed by atoms with Gasteiger partial charge in [0.2, 0.25) is 0 Å². The van der Waals surface area contributed by atoms with E-state index < -0.39 is 5.97 Å².